The van der Waals surface area contributed by atoms with Crippen LogP contribution in [0.4, 0.5) is 0 Å². The van der Waals surface area contributed by atoms with Crippen molar-refractivity contribution >= 4 is 16.4 Å². The molecule has 4 heteroatoms. The normalized spacial score (nSPS) is 12.2. The first-order valence-electron chi connectivity index (χ1n) is 5.96. The molecule has 0 aliphatic carbocycles. The van der Waals surface area contributed by atoms with Crippen molar-refractivity contribution < 1.29 is 4.74 Å². The van der Waals surface area contributed by atoms with E-state index in [1.165, 1.54) is 0 Å². The van der Waals surface area contributed by atoms with E-state index >= 15 is 0 Å². The summed E-state index contributed by atoms with van der Waals surface area (Å²) in [6.45, 7) is 6.05. The van der Waals surface area contributed by atoms with E-state index in [-0.39, 0.29) is 5.60 Å². The monoisotopic (exact) mass is 241 g/mol. The molecule has 0 atom stereocenters. The van der Waals surface area contributed by atoms with Gasteiger partial charge in [-0.25, -0.2) is 9.50 Å². The smallest absolute Gasteiger partial charge is 0.240 e. The first-order valence-corrected chi connectivity index (χ1v) is 5.96. The van der Waals surface area contributed by atoms with Crippen molar-refractivity contribution in [3.63, 3.8) is 0 Å². The molecule has 3 rings (SSSR count). The summed E-state index contributed by atoms with van der Waals surface area (Å²) in [5, 5.41) is 6.52. The van der Waals surface area contributed by atoms with Gasteiger partial charge in [0.25, 0.3) is 0 Å². The summed E-state index contributed by atoms with van der Waals surface area (Å²) in [7, 11) is 0. The summed E-state index contributed by atoms with van der Waals surface area (Å²) in [6, 6.07) is 8.03. The van der Waals surface area contributed by atoms with Gasteiger partial charge in [0.2, 0.25) is 5.88 Å². The quantitative estimate of drug-likeness (QED) is 0.657. The van der Waals surface area contributed by atoms with E-state index in [2.05, 4.69) is 10.1 Å². The van der Waals surface area contributed by atoms with Crippen LogP contribution in [0.1, 0.15) is 20.8 Å². The van der Waals surface area contributed by atoms with Crippen LogP contribution in [0.15, 0.2) is 36.7 Å². The summed E-state index contributed by atoms with van der Waals surface area (Å²) in [4.78, 5) is 4.33. The summed E-state index contributed by atoms with van der Waals surface area (Å²) < 4.78 is 7.69. The lowest BCUT2D eigenvalue weighted by Crippen LogP contribution is -2.24. The fourth-order valence-electron chi connectivity index (χ4n) is 1.95. The summed E-state index contributed by atoms with van der Waals surface area (Å²) in [5.74, 6) is 0.642. The van der Waals surface area contributed by atoms with E-state index in [0.717, 1.165) is 16.4 Å². The van der Waals surface area contributed by atoms with Crippen molar-refractivity contribution in [1.82, 2.24) is 14.6 Å². The van der Waals surface area contributed by atoms with Crippen LogP contribution in [0.5, 0.6) is 5.88 Å². The van der Waals surface area contributed by atoms with Crippen LogP contribution in [-0.2, 0) is 0 Å². The van der Waals surface area contributed by atoms with Crippen molar-refractivity contribution in [1.29, 1.82) is 0 Å². The molecule has 0 saturated carbocycles. The van der Waals surface area contributed by atoms with E-state index in [0.29, 0.717) is 5.88 Å². The van der Waals surface area contributed by atoms with Crippen molar-refractivity contribution in [2.75, 3.05) is 0 Å². The van der Waals surface area contributed by atoms with E-state index in [9.17, 15) is 0 Å². The zero-order valence-electron chi connectivity index (χ0n) is 10.7. The second kappa shape index (κ2) is 3.70. The Kier molecular flexibility index (Phi) is 2.26. The highest BCUT2D eigenvalue weighted by molar-refractivity contribution is 5.96. The third-order valence-corrected chi connectivity index (χ3v) is 2.62. The van der Waals surface area contributed by atoms with Crippen LogP contribution in [0.25, 0.3) is 16.4 Å². The lowest BCUT2D eigenvalue weighted by atomic mass is 10.1. The Morgan fingerprint density at radius 3 is 2.56 bits per heavy atom. The van der Waals surface area contributed by atoms with Crippen LogP contribution in [0.2, 0.25) is 0 Å². The summed E-state index contributed by atoms with van der Waals surface area (Å²) >= 11 is 0. The van der Waals surface area contributed by atoms with Crippen molar-refractivity contribution in [2.24, 2.45) is 0 Å². The molecule has 92 valence electrons. The van der Waals surface area contributed by atoms with Gasteiger partial charge in [-0.05, 0) is 26.8 Å². The van der Waals surface area contributed by atoms with Crippen LogP contribution in [0.3, 0.4) is 0 Å². The van der Waals surface area contributed by atoms with Crippen LogP contribution >= 0.6 is 0 Å². The van der Waals surface area contributed by atoms with E-state index in [1.807, 2.05) is 51.2 Å². The topological polar surface area (TPSA) is 39.4 Å². The number of nitrogens with zero attached hydrogens (tertiary/aromatic N) is 3. The number of imidazole rings is 1. The molecule has 0 radical (unpaired) electrons. The van der Waals surface area contributed by atoms with Crippen LogP contribution in [-0.4, -0.2) is 20.2 Å². The Balaban J connectivity index is 2.33. The number of ether oxygens (including phenoxy) is 1. The van der Waals surface area contributed by atoms with Gasteiger partial charge >= 0.3 is 0 Å². The Labute approximate surface area is 105 Å². The van der Waals surface area contributed by atoms with Gasteiger partial charge in [-0.1, -0.05) is 18.2 Å². The maximum atomic E-state index is 5.93. The van der Waals surface area contributed by atoms with Gasteiger partial charge in [0.1, 0.15) is 5.60 Å². The highest BCUT2D eigenvalue weighted by atomic mass is 16.5. The molecule has 1 aromatic carbocycles. The van der Waals surface area contributed by atoms with Gasteiger partial charge in [-0.2, -0.15) is 0 Å². The zero-order chi connectivity index (χ0) is 12.8. The molecule has 0 spiro atoms. The van der Waals surface area contributed by atoms with Crippen LogP contribution in [0, 0.1) is 0 Å². The zero-order valence-corrected chi connectivity index (χ0v) is 10.7. The third kappa shape index (κ3) is 1.79. The predicted molar refractivity (Wildman–Crippen MR) is 70.9 cm³/mol. The van der Waals surface area contributed by atoms with Gasteiger partial charge < -0.3 is 4.74 Å². The maximum Gasteiger partial charge on any atom is 0.240 e. The van der Waals surface area contributed by atoms with Gasteiger partial charge in [-0.3, -0.25) is 0 Å². The number of hydrogen-bond acceptors (Lipinski definition) is 3. The van der Waals surface area contributed by atoms with Gasteiger partial charge in [0, 0.05) is 23.2 Å². The average Bonchev–Trinajstić information content (AvgIpc) is 2.75. The summed E-state index contributed by atoms with van der Waals surface area (Å²) in [5.41, 5.74) is 0.580. The Morgan fingerprint density at radius 2 is 1.83 bits per heavy atom. The minimum atomic E-state index is -0.274. The Hall–Kier alpha value is -2.10. The molecule has 0 fully saturated rings. The molecule has 0 unspecified atom stereocenters. The largest absolute Gasteiger partial charge is 0.470 e. The molecule has 0 amide bonds. The predicted octanol–water partition coefficient (Wildman–Crippen LogP) is 3.06. The molecule has 2 heterocycles. The van der Waals surface area contributed by atoms with Gasteiger partial charge in [0.15, 0.2) is 5.65 Å². The number of benzene rings is 1. The lowest BCUT2D eigenvalue weighted by Gasteiger charge is -2.21. The molecule has 2 aromatic heterocycles. The number of fused-ring (bicyclic) bond motifs is 3. The van der Waals surface area contributed by atoms with Crippen LogP contribution < -0.4 is 4.74 Å². The Bertz CT molecular complexity index is 710. The number of rotatable bonds is 1. The Morgan fingerprint density at radius 1 is 1.11 bits per heavy atom. The molecule has 0 bridgehead atoms. The molecule has 3 aromatic rings. The van der Waals surface area contributed by atoms with Crippen molar-refractivity contribution in [2.45, 2.75) is 26.4 Å². The average molecular weight is 241 g/mol. The minimum Gasteiger partial charge on any atom is -0.470 e. The highest BCUT2D eigenvalue weighted by Gasteiger charge is 2.17. The number of aromatic nitrogens is 3. The van der Waals surface area contributed by atoms with E-state index in [1.54, 1.807) is 10.7 Å². The first-order chi connectivity index (χ1) is 8.54. The molecule has 4 nitrogen and oxygen atoms in total. The first kappa shape index (κ1) is 11.0. The molecular weight excluding hydrogens is 226 g/mol. The summed E-state index contributed by atoms with van der Waals surface area (Å²) in [6.07, 6.45) is 3.58. The van der Waals surface area contributed by atoms with Gasteiger partial charge in [-0.15, -0.1) is 5.10 Å². The maximum absolute atomic E-state index is 5.93. The SMILES string of the molecule is CC(C)(C)Oc1nn2ccnc2c2ccccc12. The second-order valence-electron chi connectivity index (χ2n) is 5.26. The highest BCUT2D eigenvalue weighted by Crippen LogP contribution is 2.28. The minimum absolute atomic E-state index is 0.274. The van der Waals surface area contributed by atoms with E-state index in [4.69, 9.17) is 4.74 Å². The molecule has 0 N–H and O–H groups in total. The van der Waals surface area contributed by atoms with Crippen molar-refractivity contribution in [3.8, 4) is 5.88 Å². The molecule has 0 aliphatic rings. The molecule has 18 heavy (non-hydrogen) atoms. The fourth-order valence-corrected chi connectivity index (χ4v) is 1.95. The second-order valence-corrected chi connectivity index (χ2v) is 5.26. The fraction of sp³-hybridized carbons (Fsp3) is 0.286. The molecule has 0 saturated heterocycles. The number of hydrogen-bond donors (Lipinski definition) is 0. The molecular formula is C14H15N3O. The molecule has 0 aliphatic heterocycles. The van der Waals surface area contributed by atoms with E-state index < -0.39 is 0 Å². The van der Waals surface area contributed by atoms with Crippen molar-refractivity contribution in [3.05, 3.63) is 36.7 Å². The standard InChI is InChI=1S/C14H15N3O/c1-14(2,3)18-13-11-7-5-4-6-10(11)12-15-8-9-17(12)16-13/h4-9H,1-3H3. The lowest BCUT2D eigenvalue weighted by molar-refractivity contribution is 0.124. The third-order valence-electron chi connectivity index (χ3n) is 2.62. The van der Waals surface area contributed by atoms with Gasteiger partial charge in [0.05, 0.1) is 0 Å².